The zero-order valence-electron chi connectivity index (χ0n) is 11.7. The van der Waals surface area contributed by atoms with Crippen LogP contribution in [0.25, 0.3) is 0 Å². The third-order valence-electron chi connectivity index (χ3n) is 2.86. The van der Waals surface area contributed by atoms with E-state index in [1.165, 1.54) is 0 Å². The number of carbonyl (C=O) groups is 1. The third kappa shape index (κ3) is 6.21. The van der Waals surface area contributed by atoms with E-state index in [2.05, 4.69) is 10.2 Å². The molecule has 5 nitrogen and oxygen atoms in total. The number of alkyl carbamates (subject to hydrolysis) is 1. The molecule has 1 heterocycles. The minimum atomic E-state index is -0.449. The Morgan fingerprint density at radius 1 is 1.50 bits per heavy atom. The number of rotatable bonds is 4. The van der Waals surface area contributed by atoms with Gasteiger partial charge in [0.05, 0.1) is 0 Å². The summed E-state index contributed by atoms with van der Waals surface area (Å²) in [5.41, 5.74) is -0.449. The van der Waals surface area contributed by atoms with Gasteiger partial charge in [-0.2, -0.15) is 0 Å². The van der Waals surface area contributed by atoms with Crippen molar-refractivity contribution in [2.75, 3.05) is 26.2 Å². The predicted molar refractivity (Wildman–Crippen MR) is 70.5 cm³/mol. The molecule has 1 fully saturated rings. The quantitative estimate of drug-likeness (QED) is 0.799. The van der Waals surface area contributed by atoms with Gasteiger partial charge >= 0.3 is 6.09 Å². The first-order valence-electron chi connectivity index (χ1n) is 6.73. The maximum atomic E-state index is 11.7. The van der Waals surface area contributed by atoms with Gasteiger partial charge in [-0.3, -0.25) is 0 Å². The van der Waals surface area contributed by atoms with E-state index in [1.807, 2.05) is 20.8 Å². The Morgan fingerprint density at radius 3 is 2.83 bits per heavy atom. The number of carbonyl (C=O) groups excluding carboxylic acids is 1. The highest BCUT2D eigenvalue weighted by Crippen LogP contribution is 2.12. The number of nitrogens with zero attached hydrogens (tertiary/aromatic N) is 1. The summed E-state index contributed by atoms with van der Waals surface area (Å²) in [6.07, 6.45) is 2.52. The smallest absolute Gasteiger partial charge is 0.407 e. The fraction of sp³-hybridized carbons (Fsp3) is 0.923. The highest BCUT2D eigenvalue weighted by atomic mass is 16.6. The first kappa shape index (κ1) is 15.2. The number of amides is 1. The molecule has 0 aromatic heterocycles. The number of aliphatic hydroxyl groups excluding tert-OH is 1. The highest BCUT2D eigenvalue weighted by molar-refractivity contribution is 5.68. The number of nitrogens with one attached hydrogen (secondary N) is 1. The molecule has 2 N–H and O–H groups in total. The van der Waals surface area contributed by atoms with Gasteiger partial charge in [-0.15, -0.1) is 0 Å². The van der Waals surface area contributed by atoms with E-state index >= 15 is 0 Å². The molecule has 0 aromatic carbocycles. The van der Waals surface area contributed by atoms with Gasteiger partial charge in [0.2, 0.25) is 0 Å². The minimum absolute atomic E-state index is 0.160. The molecule has 1 aliphatic heterocycles. The van der Waals surface area contributed by atoms with E-state index in [9.17, 15) is 4.79 Å². The van der Waals surface area contributed by atoms with E-state index in [1.54, 1.807) is 0 Å². The van der Waals surface area contributed by atoms with E-state index in [-0.39, 0.29) is 18.7 Å². The molecular formula is C13H26N2O3. The van der Waals surface area contributed by atoms with Crippen LogP contribution < -0.4 is 5.32 Å². The lowest BCUT2D eigenvalue weighted by Crippen LogP contribution is -2.49. The zero-order valence-corrected chi connectivity index (χ0v) is 11.7. The van der Waals surface area contributed by atoms with Crippen molar-refractivity contribution in [1.29, 1.82) is 0 Å². The normalized spacial score (nSPS) is 21.7. The summed E-state index contributed by atoms with van der Waals surface area (Å²) in [4.78, 5) is 13.9. The summed E-state index contributed by atoms with van der Waals surface area (Å²) in [5.74, 6) is 0. The van der Waals surface area contributed by atoms with Crippen molar-refractivity contribution in [2.45, 2.75) is 51.7 Å². The summed E-state index contributed by atoms with van der Waals surface area (Å²) < 4.78 is 5.25. The summed E-state index contributed by atoms with van der Waals surface area (Å²) in [5, 5.41) is 11.7. The van der Waals surface area contributed by atoms with Crippen molar-refractivity contribution in [3.8, 4) is 0 Å². The van der Waals surface area contributed by atoms with E-state index in [4.69, 9.17) is 9.84 Å². The Balaban J connectivity index is 2.31. The average molecular weight is 258 g/mol. The van der Waals surface area contributed by atoms with Gasteiger partial charge in [0.1, 0.15) is 5.60 Å². The second-order valence-electron chi connectivity index (χ2n) is 5.86. The highest BCUT2D eigenvalue weighted by Gasteiger charge is 2.23. The molecule has 18 heavy (non-hydrogen) atoms. The monoisotopic (exact) mass is 258 g/mol. The van der Waals surface area contributed by atoms with Gasteiger partial charge in [-0.1, -0.05) is 0 Å². The number of hydrogen-bond donors (Lipinski definition) is 2. The molecule has 1 atom stereocenters. The maximum absolute atomic E-state index is 11.7. The van der Waals surface area contributed by atoms with Crippen LogP contribution in [0.3, 0.4) is 0 Å². The van der Waals surface area contributed by atoms with Crippen molar-refractivity contribution >= 4 is 6.09 Å². The number of aliphatic hydroxyl groups is 1. The molecule has 1 amide bonds. The van der Waals surface area contributed by atoms with Gasteiger partial charge in [-0.25, -0.2) is 4.79 Å². The van der Waals surface area contributed by atoms with Gasteiger partial charge in [0.15, 0.2) is 0 Å². The lowest BCUT2D eigenvalue weighted by atomic mass is 10.1. The summed E-state index contributed by atoms with van der Waals surface area (Å²) in [7, 11) is 0. The Kier molecular flexibility index (Phi) is 5.88. The summed E-state index contributed by atoms with van der Waals surface area (Å²) in [6, 6.07) is 0.160. The SMILES string of the molecule is CC(C)(C)OC(=O)N[C@H]1CCCN(CCCO)C1. The number of hydrogen-bond acceptors (Lipinski definition) is 4. The van der Waals surface area contributed by atoms with Gasteiger partial charge in [0, 0.05) is 25.7 Å². The average Bonchev–Trinajstić information content (AvgIpc) is 2.24. The molecule has 106 valence electrons. The Morgan fingerprint density at radius 2 is 2.22 bits per heavy atom. The molecule has 0 saturated carbocycles. The van der Waals surface area contributed by atoms with Crippen LogP contribution in [0.2, 0.25) is 0 Å². The Labute approximate surface area is 109 Å². The standard InChI is InChI=1S/C13H26N2O3/c1-13(2,3)18-12(17)14-11-6-4-7-15(10-11)8-5-9-16/h11,16H,4-10H2,1-3H3,(H,14,17)/t11-/m0/s1. The van der Waals surface area contributed by atoms with Crippen LogP contribution in [-0.2, 0) is 4.74 Å². The van der Waals surface area contributed by atoms with Crippen LogP contribution in [0.5, 0.6) is 0 Å². The topological polar surface area (TPSA) is 61.8 Å². The largest absolute Gasteiger partial charge is 0.444 e. The Bertz CT molecular complexity index is 263. The summed E-state index contributed by atoms with van der Waals surface area (Å²) in [6.45, 7) is 8.60. The van der Waals surface area contributed by atoms with E-state index in [0.29, 0.717) is 0 Å². The molecule has 0 bridgehead atoms. The molecule has 1 saturated heterocycles. The second-order valence-corrected chi connectivity index (χ2v) is 5.86. The Hall–Kier alpha value is -0.810. The van der Waals surface area contributed by atoms with Crippen molar-refractivity contribution in [1.82, 2.24) is 10.2 Å². The fourth-order valence-corrected chi connectivity index (χ4v) is 2.14. The lowest BCUT2D eigenvalue weighted by molar-refractivity contribution is 0.0470. The van der Waals surface area contributed by atoms with Crippen LogP contribution in [0.4, 0.5) is 4.79 Å². The van der Waals surface area contributed by atoms with Crippen LogP contribution in [0.1, 0.15) is 40.0 Å². The molecule has 1 rings (SSSR count). The van der Waals surface area contributed by atoms with Crippen LogP contribution in [0, 0.1) is 0 Å². The molecule has 0 radical (unpaired) electrons. The van der Waals surface area contributed by atoms with E-state index in [0.717, 1.165) is 38.9 Å². The maximum Gasteiger partial charge on any atom is 0.407 e. The minimum Gasteiger partial charge on any atom is -0.444 e. The van der Waals surface area contributed by atoms with Crippen LogP contribution >= 0.6 is 0 Å². The van der Waals surface area contributed by atoms with Crippen molar-refractivity contribution in [3.05, 3.63) is 0 Å². The number of ether oxygens (including phenoxy) is 1. The van der Waals surface area contributed by atoms with Crippen LogP contribution in [0.15, 0.2) is 0 Å². The number of likely N-dealkylation sites (tertiary alicyclic amines) is 1. The third-order valence-corrected chi connectivity index (χ3v) is 2.86. The van der Waals surface area contributed by atoms with Gasteiger partial charge in [-0.05, 0) is 46.6 Å². The summed E-state index contributed by atoms with van der Waals surface area (Å²) >= 11 is 0. The van der Waals surface area contributed by atoms with E-state index < -0.39 is 5.60 Å². The molecule has 1 aliphatic rings. The fourth-order valence-electron chi connectivity index (χ4n) is 2.14. The van der Waals surface area contributed by atoms with Gasteiger partial charge in [0.25, 0.3) is 0 Å². The molecule has 0 unspecified atom stereocenters. The van der Waals surface area contributed by atoms with Crippen LogP contribution in [-0.4, -0.2) is 54.0 Å². The molecule has 0 aliphatic carbocycles. The van der Waals surface area contributed by atoms with Crippen molar-refractivity contribution < 1.29 is 14.6 Å². The predicted octanol–water partition coefficient (Wildman–Crippen LogP) is 1.36. The second kappa shape index (κ2) is 6.95. The molecule has 0 aromatic rings. The first-order chi connectivity index (χ1) is 8.40. The van der Waals surface area contributed by atoms with Crippen molar-refractivity contribution in [3.63, 3.8) is 0 Å². The number of piperidine rings is 1. The zero-order chi connectivity index (χ0) is 13.6. The lowest BCUT2D eigenvalue weighted by Gasteiger charge is -2.33. The molecule has 0 spiro atoms. The van der Waals surface area contributed by atoms with Crippen molar-refractivity contribution in [2.24, 2.45) is 0 Å². The first-order valence-corrected chi connectivity index (χ1v) is 6.73. The van der Waals surface area contributed by atoms with Gasteiger partial charge < -0.3 is 20.1 Å². The molecule has 5 heteroatoms. The molecular weight excluding hydrogens is 232 g/mol.